The summed E-state index contributed by atoms with van der Waals surface area (Å²) in [7, 11) is 0. The van der Waals surface area contributed by atoms with E-state index in [0.717, 1.165) is 12.3 Å². The summed E-state index contributed by atoms with van der Waals surface area (Å²) in [4.78, 5) is 11.1. The van der Waals surface area contributed by atoms with Crippen molar-refractivity contribution >= 4 is 5.78 Å². The van der Waals surface area contributed by atoms with Gasteiger partial charge in [0.25, 0.3) is 0 Å². The number of hydrogen-bond donors (Lipinski definition) is 0. The summed E-state index contributed by atoms with van der Waals surface area (Å²) in [5.41, 5.74) is 0.278. The molecule has 1 heteroatoms. The Morgan fingerprint density at radius 3 is 2.36 bits per heavy atom. The molecule has 0 aromatic heterocycles. The molecule has 0 N–H and O–H groups in total. The fraction of sp³-hybridized carbons (Fsp3) is 0.900. The van der Waals surface area contributed by atoms with Crippen LogP contribution in [-0.2, 0) is 4.79 Å². The van der Waals surface area contributed by atoms with Gasteiger partial charge in [-0.15, -0.1) is 0 Å². The van der Waals surface area contributed by atoms with E-state index in [1.165, 1.54) is 6.42 Å². The van der Waals surface area contributed by atoms with Crippen LogP contribution in [0.5, 0.6) is 0 Å². The molecular formula is C10H18O. The van der Waals surface area contributed by atoms with Gasteiger partial charge in [-0.3, -0.25) is 4.79 Å². The lowest BCUT2D eigenvalue weighted by molar-refractivity contribution is -0.136. The molecule has 0 radical (unpaired) electrons. The molecule has 0 saturated heterocycles. The fourth-order valence-electron chi connectivity index (χ4n) is 2.40. The lowest BCUT2D eigenvalue weighted by Gasteiger charge is -2.51. The van der Waals surface area contributed by atoms with Gasteiger partial charge in [-0.05, 0) is 24.7 Å². The molecule has 0 bridgehead atoms. The van der Waals surface area contributed by atoms with Gasteiger partial charge in [0.05, 0.1) is 0 Å². The molecule has 1 aliphatic carbocycles. The monoisotopic (exact) mass is 154 g/mol. The van der Waals surface area contributed by atoms with E-state index in [2.05, 4.69) is 20.8 Å². The molecule has 0 heterocycles. The number of carbonyl (C=O) groups excluding carboxylic acids is 1. The number of Topliss-reactive ketones (excluding diaryl/α,β-unsaturated/α-hetero) is 1. The number of rotatable bonds is 2. The minimum Gasteiger partial charge on any atom is -0.300 e. The second kappa shape index (κ2) is 2.62. The summed E-state index contributed by atoms with van der Waals surface area (Å²) in [5.74, 6) is 1.49. The molecule has 1 rings (SSSR count). The van der Waals surface area contributed by atoms with Crippen molar-refractivity contribution < 1.29 is 4.79 Å². The van der Waals surface area contributed by atoms with Crippen LogP contribution in [0.3, 0.4) is 0 Å². The minimum atomic E-state index is 0.278. The third-order valence-corrected chi connectivity index (χ3v) is 3.45. The molecular weight excluding hydrogens is 136 g/mol. The molecule has 1 unspecified atom stereocenters. The Kier molecular flexibility index (Phi) is 2.08. The van der Waals surface area contributed by atoms with Crippen molar-refractivity contribution in [3.63, 3.8) is 0 Å². The first-order chi connectivity index (χ1) is 5.00. The highest BCUT2D eigenvalue weighted by Gasteiger charge is 2.48. The zero-order valence-electron chi connectivity index (χ0n) is 7.98. The van der Waals surface area contributed by atoms with Crippen LogP contribution in [0.25, 0.3) is 0 Å². The minimum absolute atomic E-state index is 0.278. The smallest absolute Gasteiger partial charge is 0.133 e. The predicted octanol–water partition coefficient (Wildman–Crippen LogP) is 2.65. The molecule has 64 valence electrons. The van der Waals surface area contributed by atoms with Crippen molar-refractivity contribution in [2.24, 2.45) is 17.3 Å². The Labute approximate surface area is 69.2 Å². The van der Waals surface area contributed by atoms with Crippen molar-refractivity contribution in [2.75, 3.05) is 0 Å². The average Bonchev–Trinajstić information content (AvgIpc) is 1.85. The van der Waals surface area contributed by atoms with E-state index >= 15 is 0 Å². The maximum atomic E-state index is 11.1. The molecule has 1 fully saturated rings. The first-order valence-electron chi connectivity index (χ1n) is 4.50. The van der Waals surface area contributed by atoms with Crippen LogP contribution in [0.1, 0.15) is 40.5 Å². The zero-order valence-corrected chi connectivity index (χ0v) is 7.98. The lowest BCUT2D eigenvalue weighted by Crippen LogP contribution is -2.47. The Balaban J connectivity index is 2.61. The summed E-state index contributed by atoms with van der Waals surface area (Å²) in [6, 6.07) is 0. The molecule has 0 aromatic rings. The maximum absolute atomic E-state index is 11.1. The van der Waals surface area contributed by atoms with Crippen LogP contribution in [0.15, 0.2) is 0 Å². The number of hydrogen-bond acceptors (Lipinski definition) is 1. The quantitative estimate of drug-likeness (QED) is 0.597. The Bertz CT molecular complexity index is 170. The van der Waals surface area contributed by atoms with E-state index in [0.29, 0.717) is 11.7 Å². The summed E-state index contributed by atoms with van der Waals surface area (Å²) >= 11 is 0. The van der Waals surface area contributed by atoms with Crippen LogP contribution in [0.4, 0.5) is 0 Å². The average molecular weight is 154 g/mol. The Morgan fingerprint density at radius 2 is 2.09 bits per heavy atom. The number of carbonyl (C=O) groups is 1. The van der Waals surface area contributed by atoms with Gasteiger partial charge in [-0.1, -0.05) is 27.2 Å². The third-order valence-electron chi connectivity index (χ3n) is 3.45. The first-order valence-corrected chi connectivity index (χ1v) is 4.50. The topological polar surface area (TPSA) is 17.1 Å². The van der Waals surface area contributed by atoms with Crippen molar-refractivity contribution in [2.45, 2.75) is 40.5 Å². The molecule has 1 aliphatic rings. The van der Waals surface area contributed by atoms with Crippen molar-refractivity contribution in [1.82, 2.24) is 0 Å². The first kappa shape index (κ1) is 8.76. The summed E-state index contributed by atoms with van der Waals surface area (Å²) < 4.78 is 0. The summed E-state index contributed by atoms with van der Waals surface area (Å²) in [5, 5.41) is 0. The molecule has 1 saturated carbocycles. The second-order valence-electron chi connectivity index (χ2n) is 4.33. The van der Waals surface area contributed by atoms with E-state index in [-0.39, 0.29) is 5.41 Å². The van der Waals surface area contributed by atoms with Crippen LogP contribution in [0.2, 0.25) is 0 Å². The van der Waals surface area contributed by atoms with Crippen LogP contribution in [-0.4, -0.2) is 5.78 Å². The predicted molar refractivity (Wildman–Crippen MR) is 46.4 cm³/mol. The lowest BCUT2D eigenvalue weighted by atomic mass is 9.53. The van der Waals surface area contributed by atoms with Gasteiger partial charge in [-0.2, -0.15) is 0 Å². The number of ketones is 1. The van der Waals surface area contributed by atoms with E-state index in [9.17, 15) is 4.79 Å². The second-order valence-corrected chi connectivity index (χ2v) is 4.33. The highest BCUT2D eigenvalue weighted by Crippen LogP contribution is 2.52. The van der Waals surface area contributed by atoms with Gasteiger partial charge in [-0.25, -0.2) is 0 Å². The van der Waals surface area contributed by atoms with Crippen molar-refractivity contribution in [3.05, 3.63) is 0 Å². The van der Waals surface area contributed by atoms with Gasteiger partial charge >= 0.3 is 0 Å². The molecule has 0 spiro atoms. The summed E-state index contributed by atoms with van der Waals surface area (Å²) in [6.07, 6.45) is 2.34. The molecule has 1 nitrogen and oxygen atoms in total. The molecule has 0 amide bonds. The Hall–Kier alpha value is -0.330. The molecule has 0 aromatic carbocycles. The van der Waals surface area contributed by atoms with E-state index < -0.39 is 0 Å². The van der Waals surface area contributed by atoms with Gasteiger partial charge in [0.15, 0.2) is 0 Å². The SMILES string of the molecule is CC[C@H]1CC(C(C)=O)C1(C)C. The van der Waals surface area contributed by atoms with Crippen molar-refractivity contribution in [1.29, 1.82) is 0 Å². The highest BCUT2D eigenvalue weighted by molar-refractivity contribution is 5.80. The van der Waals surface area contributed by atoms with E-state index in [1.807, 2.05) is 0 Å². The van der Waals surface area contributed by atoms with Gasteiger partial charge < -0.3 is 0 Å². The molecule has 2 atom stereocenters. The largest absolute Gasteiger partial charge is 0.300 e. The van der Waals surface area contributed by atoms with Crippen LogP contribution in [0, 0.1) is 17.3 Å². The van der Waals surface area contributed by atoms with Crippen molar-refractivity contribution in [3.8, 4) is 0 Å². The molecule has 0 aliphatic heterocycles. The van der Waals surface area contributed by atoms with Crippen LogP contribution >= 0.6 is 0 Å². The van der Waals surface area contributed by atoms with E-state index in [1.54, 1.807) is 6.92 Å². The van der Waals surface area contributed by atoms with Gasteiger partial charge in [0.2, 0.25) is 0 Å². The highest BCUT2D eigenvalue weighted by atomic mass is 16.1. The standard InChI is InChI=1S/C10H18O/c1-5-8-6-9(7(2)11)10(8,3)4/h8-9H,5-6H2,1-4H3/t8-,9?/m0/s1. The fourth-order valence-corrected chi connectivity index (χ4v) is 2.40. The van der Waals surface area contributed by atoms with Gasteiger partial charge in [0.1, 0.15) is 5.78 Å². The third kappa shape index (κ3) is 1.21. The van der Waals surface area contributed by atoms with Gasteiger partial charge in [0, 0.05) is 5.92 Å². The maximum Gasteiger partial charge on any atom is 0.133 e. The van der Waals surface area contributed by atoms with E-state index in [4.69, 9.17) is 0 Å². The van der Waals surface area contributed by atoms with Crippen LogP contribution < -0.4 is 0 Å². The normalized spacial score (nSPS) is 34.5. The molecule has 11 heavy (non-hydrogen) atoms. The summed E-state index contributed by atoms with van der Waals surface area (Å²) in [6.45, 7) is 8.37. The zero-order chi connectivity index (χ0) is 8.65. The Morgan fingerprint density at radius 1 is 1.55 bits per heavy atom.